The van der Waals surface area contributed by atoms with E-state index < -0.39 is 10.0 Å². The van der Waals surface area contributed by atoms with Crippen LogP contribution in [0.15, 0.2) is 24.3 Å². The molecule has 2 aliphatic rings. The van der Waals surface area contributed by atoms with Crippen molar-refractivity contribution in [2.45, 2.75) is 89.7 Å². The third-order valence-corrected chi connectivity index (χ3v) is 8.53. The second kappa shape index (κ2) is 11.0. The Balaban J connectivity index is 1.48. The minimum absolute atomic E-state index is 0.0204. The molecule has 0 radical (unpaired) electrons. The van der Waals surface area contributed by atoms with E-state index in [4.69, 9.17) is 4.74 Å². The van der Waals surface area contributed by atoms with E-state index >= 15 is 0 Å². The first-order valence-corrected chi connectivity index (χ1v) is 13.5. The number of amides is 1. The topological polar surface area (TPSA) is 87.7 Å². The zero-order valence-corrected chi connectivity index (χ0v) is 20.7. The van der Waals surface area contributed by atoms with E-state index in [1.54, 1.807) is 6.92 Å². The van der Waals surface area contributed by atoms with E-state index in [0.717, 1.165) is 30.9 Å². The van der Waals surface area contributed by atoms with Gasteiger partial charge in [0, 0.05) is 36.4 Å². The summed E-state index contributed by atoms with van der Waals surface area (Å²) in [5.41, 5.74) is 1.93. The predicted molar refractivity (Wildman–Crippen MR) is 129 cm³/mol. The number of ether oxygens (including phenoxy) is 1. The fourth-order valence-electron chi connectivity index (χ4n) is 4.77. The molecule has 180 valence electrons. The van der Waals surface area contributed by atoms with Crippen molar-refractivity contribution in [3.63, 3.8) is 0 Å². The van der Waals surface area contributed by atoms with Crippen LogP contribution in [-0.2, 0) is 19.6 Å². The molecule has 32 heavy (non-hydrogen) atoms. The summed E-state index contributed by atoms with van der Waals surface area (Å²) in [5.74, 6) is -0.0588. The van der Waals surface area contributed by atoms with Crippen LogP contribution in [0.1, 0.15) is 66.2 Å². The molecule has 1 saturated carbocycles. The highest BCUT2D eigenvalue weighted by molar-refractivity contribution is 7.90. The molecular weight excluding hydrogens is 426 g/mol. The van der Waals surface area contributed by atoms with Crippen molar-refractivity contribution in [3.05, 3.63) is 24.3 Å². The lowest BCUT2D eigenvalue weighted by atomic mass is 9.86. The molecule has 1 aromatic rings. The van der Waals surface area contributed by atoms with Crippen molar-refractivity contribution in [1.29, 1.82) is 0 Å². The van der Waals surface area contributed by atoms with Gasteiger partial charge in [-0.05, 0) is 77.1 Å². The number of sulfonamides is 1. The van der Waals surface area contributed by atoms with Crippen LogP contribution in [0.25, 0.3) is 0 Å². The molecule has 8 heteroatoms. The fourth-order valence-corrected chi connectivity index (χ4v) is 6.25. The van der Waals surface area contributed by atoms with Gasteiger partial charge in [-0.15, -0.1) is 0 Å². The van der Waals surface area contributed by atoms with Crippen molar-refractivity contribution in [3.8, 4) is 0 Å². The van der Waals surface area contributed by atoms with E-state index in [1.165, 1.54) is 0 Å². The fraction of sp³-hybridized carbons (Fsp3) is 0.708. The SMILES string of the molecule is CCCC(C)S(=O)(=O)NC1CCC(C(=O)Nc2ccc(N3CC(C)O[C@@H](C)C3)cc2)CC1. The Morgan fingerprint density at radius 2 is 1.69 bits per heavy atom. The summed E-state index contributed by atoms with van der Waals surface area (Å²) in [6.07, 6.45) is 4.70. The Hall–Kier alpha value is -1.64. The number of carbonyl (C=O) groups is 1. The highest BCUT2D eigenvalue weighted by atomic mass is 32.2. The molecule has 1 saturated heterocycles. The van der Waals surface area contributed by atoms with Crippen LogP contribution in [0.3, 0.4) is 0 Å². The van der Waals surface area contributed by atoms with E-state index in [9.17, 15) is 13.2 Å². The molecule has 1 aliphatic carbocycles. The van der Waals surface area contributed by atoms with Gasteiger partial charge in [-0.3, -0.25) is 4.79 Å². The van der Waals surface area contributed by atoms with Crippen LogP contribution in [-0.4, -0.2) is 50.9 Å². The highest BCUT2D eigenvalue weighted by Crippen LogP contribution is 2.27. The smallest absolute Gasteiger partial charge is 0.227 e. The number of hydrogen-bond acceptors (Lipinski definition) is 5. The lowest BCUT2D eigenvalue weighted by molar-refractivity contribution is -0.120. The summed E-state index contributed by atoms with van der Waals surface area (Å²) < 4.78 is 33.5. The number of rotatable bonds is 8. The minimum atomic E-state index is -3.29. The first-order chi connectivity index (χ1) is 15.2. The normalized spacial score (nSPS) is 27.7. The molecule has 3 atom stereocenters. The number of morpholine rings is 1. The molecule has 1 aliphatic heterocycles. The summed E-state index contributed by atoms with van der Waals surface area (Å²) >= 11 is 0. The van der Waals surface area contributed by atoms with Crippen LogP contribution < -0.4 is 14.9 Å². The van der Waals surface area contributed by atoms with Crippen molar-refractivity contribution in [1.82, 2.24) is 4.72 Å². The Kier molecular flexibility index (Phi) is 8.58. The Morgan fingerprint density at radius 1 is 1.09 bits per heavy atom. The first kappa shape index (κ1) is 25.0. The van der Waals surface area contributed by atoms with Crippen molar-refractivity contribution in [2.75, 3.05) is 23.3 Å². The average molecular weight is 466 g/mol. The summed E-state index contributed by atoms with van der Waals surface area (Å²) in [5, 5.41) is 2.66. The first-order valence-electron chi connectivity index (χ1n) is 12.0. The number of nitrogens with zero attached hydrogens (tertiary/aromatic N) is 1. The predicted octanol–water partition coefficient (Wildman–Crippen LogP) is 3.91. The second-order valence-electron chi connectivity index (χ2n) is 9.51. The number of carbonyl (C=O) groups excluding carboxylic acids is 1. The van der Waals surface area contributed by atoms with Gasteiger partial charge in [0.1, 0.15) is 0 Å². The zero-order chi connectivity index (χ0) is 23.3. The maximum absolute atomic E-state index is 12.7. The summed E-state index contributed by atoms with van der Waals surface area (Å²) in [4.78, 5) is 15.1. The van der Waals surface area contributed by atoms with E-state index in [1.807, 2.05) is 31.2 Å². The number of benzene rings is 1. The highest BCUT2D eigenvalue weighted by Gasteiger charge is 2.30. The van der Waals surface area contributed by atoms with Gasteiger partial charge in [0.25, 0.3) is 0 Å². The van der Waals surface area contributed by atoms with Gasteiger partial charge in [0.2, 0.25) is 15.9 Å². The van der Waals surface area contributed by atoms with Crippen molar-refractivity contribution < 1.29 is 17.9 Å². The largest absolute Gasteiger partial charge is 0.372 e. The molecule has 2 fully saturated rings. The molecular formula is C24H39N3O4S. The molecule has 1 aromatic carbocycles. The summed E-state index contributed by atoms with van der Waals surface area (Å²) in [7, 11) is -3.29. The lowest BCUT2D eigenvalue weighted by Gasteiger charge is -2.36. The van der Waals surface area contributed by atoms with E-state index in [-0.39, 0.29) is 35.3 Å². The van der Waals surface area contributed by atoms with Crippen LogP contribution in [0, 0.1) is 5.92 Å². The molecule has 0 spiro atoms. The van der Waals surface area contributed by atoms with Gasteiger partial charge >= 0.3 is 0 Å². The van der Waals surface area contributed by atoms with Crippen LogP contribution >= 0.6 is 0 Å². The van der Waals surface area contributed by atoms with E-state index in [0.29, 0.717) is 32.1 Å². The average Bonchev–Trinajstić information content (AvgIpc) is 2.74. The third kappa shape index (κ3) is 6.68. The monoisotopic (exact) mass is 465 g/mol. The van der Waals surface area contributed by atoms with Crippen LogP contribution in [0.4, 0.5) is 11.4 Å². The van der Waals surface area contributed by atoms with Gasteiger partial charge in [-0.1, -0.05) is 13.3 Å². The van der Waals surface area contributed by atoms with Gasteiger partial charge in [-0.25, -0.2) is 13.1 Å². The molecule has 1 heterocycles. The molecule has 2 N–H and O–H groups in total. The van der Waals surface area contributed by atoms with Crippen molar-refractivity contribution in [2.24, 2.45) is 5.92 Å². The Morgan fingerprint density at radius 3 is 2.25 bits per heavy atom. The van der Waals surface area contributed by atoms with Crippen LogP contribution in [0.5, 0.6) is 0 Å². The molecule has 3 rings (SSSR count). The second-order valence-corrected chi connectivity index (χ2v) is 11.6. The van der Waals surface area contributed by atoms with Crippen LogP contribution in [0.2, 0.25) is 0 Å². The van der Waals surface area contributed by atoms with Gasteiger partial charge in [0.15, 0.2) is 0 Å². The standard InChI is InChI=1S/C24H39N3O4S/c1-5-6-19(4)32(29,30)26-22-9-7-20(8-10-22)24(28)25-21-11-13-23(14-12-21)27-15-17(2)31-18(3)16-27/h11-14,17-20,22,26H,5-10,15-16H2,1-4H3,(H,25,28)/t17-,18?,19?,20?,22?/m0/s1. The molecule has 1 amide bonds. The lowest BCUT2D eigenvalue weighted by Crippen LogP contribution is -2.45. The number of nitrogens with one attached hydrogen (secondary N) is 2. The number of anilines is 2. The van der Waals surface area contributed by atoms with Gasteiger partial charge in [0.05, 0.1) is 17.5 Å². The summed E-state index contributed by atoms with van der Waals surface area (Å²) in [6, 6.07) is 7.92. The Labute approximate surface area is 193 Å². The number of hydrogen-bond donors (Lipinski definition) is 2. The van der Waals surface area contributed by atoms with Crippen molar-refractivity contribution >= 4 is 27.3 Å². The molecule has 2 unspecified atom stereocenters. The van der Waals surface area contributed by atoms with Gasteiger partial charge < -0.3 is 15.0 Å². The molecule has 0 aromatic heterocycles. The molecule has 7 nitrogen and oxygen atoms in total. The maximum atomic E-state index is 12.7. The summed E-state index contributed by atoms with van der Waals surface area (Å²) in [6.45, 7) is 9.65. The van der Waals surface area contributed by atoms with Gasteiger partial charge in [-0.2, -0.15) is 0 Å². The zero-order valence-electron chi connectivity index (χ0n) is 19.8. The van der Waals surface area contributed by atoms with E-state index in [2.05, 4.69) is 28.8 Å². The molecule has 0 bridgehead atoms. The quantitative estimate of drug-likeness (QED) is 0.608. The Bertz CT molecular complexity index is 841. The maximum Gasteiger partial charge on any atom is 0.227 e. The third-order valence-electron chi connectivity index (χ3n) is 6.57. The minimum Gasteiger partial charge on any atom is -0.372 e.